The lowest BCUT2D eigenvalue weighted by atomic mass is 10.4. The van der Waals surface area contributed by atoms with Crippen LogP contribution in [0.2, 0.25) is 0 Å². The third-order valence-electron chi connectivity index (χ3n) is 2.32. The summed E-state index contributed by atoms with van der Waals surface area (Å²) in [5.74, 6) is 5.44. The average Bonchev–Trinajstić information content (AvgIpc) is 2.81. The molecule has 2 aromatic heterocycles. The lowest BCUT2D eigenvalue weighted by molar-refractivity contribution is -0.384. The minimum Gasteiger partial charge on any atom is -0.359 e. The van der Waals surface area contributed by atoms with E-state index < -0.39 is 4.92 Å². The van der Waals surface area contributed by atoms with Crippen molar-refractivity contribution < 1.29 is 4.92 Å². The highest BCUT2D eigenvalue weighted by Crippen LogP contribution is 2.23. The monoisotopic (exact) mass is 280 g/mol. The van der Waals surface area contributed by atoms with Crippen molar-refractivity contribution in [2.24, 2.45) is 5.84 Å². The summed E-state index contributed by atoms with van der Waals surface area (Å²) in [6.45, 7) is 2.46. The van der Waals surface area contributed by atoms with Crippen LogP contribution in [-0.2, 0) is 6.54 Å². The van der Waals surface area contributed by atoms with Crippen LogP contribution in [0.1, 0.15) is 9.75 Å². The standard InChI is InChI=1S/C10H12N6O2S/c1-6-2-3-7(19-6)4-12-9-8(16(17)18)5-13-10(14-9)15-11/h2-3,5H,4,11H2,1H3,(H2,12,13,14,15). The Balaban J connectivity index is 2.19. The van der Waals surface area contributed by atoms with E-state index in [1.807, 2.05) is 19.1 Å². The van der Waals surface area contributed by atoms with Gasteiger partial charge in [-0.25, -0.2) is 10.8 Å². The molecule has 19 heavy (non-hydrogen) atoms. The van der Waals surface area contributed by atoms with Gasteiger partial charge in [0.1, 0.15) is 6.20 Å². The van der Waals surface area contributed by atoms with E-state index in [9.17, 15) is 10.1 Å². The molecule has 4 N–H and O–H groups in total. The summed E-state index contributed by atoms with van der Waals surface area (Å²) >= 11 is 1.62. The summed E-state index contributed by atoms with van der Waals surface area (Å²) in [6, 6.07) is 3.95. The zero-order valence-corrected chi connectivity index (χ0v) is 10.9. The summed E-state index contributed by atoms with van der Waals surface area (Å²) in [6.07, 6.45) is 1.12. The number of rotatable bonds is 5. The Bertz CT molecular complexity index is 599. The second-order valence-corrected chi connectivity index (χ2v) is 5.07. The Labute approximate surface area is 112 Å². The van der Waals surface area contributed by atoms with Crippen molar-refractivity contribution in [3.05, 3.63) is 38.2 Å². The summed E-state index contributed by atoms with van der Waals surface area (Å²) in [4.78, 5) is 20.2. The van der Waals surface area contributed by atoms with E-state index in [1.165, 1.54) is 4.88 Å². The van der Waals surface area contributed by atoms with Gasteiger partial charge in [0.25, 0.3) is 0 Å². The Morgan fingerprint density at radius 1 is 1.53 bits per heavy atom. The molecular weight excluding hydrogens is 268 g/mol. The van der Waals surface area contributed by atoms with Crippen molar-refractivity contribution in [3.63, 3.8) is 0 Å². The number of nitrogens with one attached hydrogen (secondary N) is 2. The van der Waals surface area contributed by atoms with E-state index in [2.05, 4.69) is 20.7 Å². The van der Waals surface area contributed by atoms with Crippen LogP contribution in [0.15, 0.2) is 18.3 Å². The van der Waals surface area contributed by atoms with Crippen LogP contribution >= 0.6 is 11.3 Å². The van der Waals surface area contributed by atoms with Crippen molar-refractivity contribution in [3.8, 4) is 0 Å². The Kier molecular flexibility index (Phi) is 3.88. The van der Waals surface area contributed by atoms with Gasteiger partial charge < -0.3 is 5.32 Å². The highest BCUT2D eigenvalue weighted by atomic mass is 32.1. The predicted octanol–water partition coefficient (Wildman–Crippen LogP) is 1.65. The van der Waals surface area contributed by atoms with Crippen molar-refractivity contribution >= 4 is 28.8 Å². The smallest absolute Gasteiger partial charge is 0.329 e. The Morgan fingerprint density at radius 3 is 2.89 bits per heavy atom. The normalized spacial score (nSPS) is 10.2. The van der Waals surface area contributed by atoms with Gasteiger partial charge in [-0.15, -0.1) is 11.3 Å². The average molecular weight is 280 g/mol. The molecule has 0 atom stereocenters. The largest absolute Gasteiger partial charge is 0.359 e. The molecule has 2 rings (SSSR count). The molecule has 0 aliphatic rings. The molecule has 0 aliphatic carbocycles. The second kappa shape index (κ2) is 5.59. The number of nitrogens with two attached hydrogens (primary N) is 1. The van der Waals surface area contributed by atoms with Gasteiger partial charge in [0.15, 0.2) is 0 Å². The number of hydrogen-bond acceptors (Lipinski definition) is 8. The van der Waals surface area contributed by atoms with E-state index in [4.69, 9.17) is 5.84 Å². The van der Waals surface area contributed by atoms with E-state index in [0.717, 1.165) is 11.1 Å². The summed E-state index contributed by atoms with van der Waals surface area (Å²) in [5.41, 5.74) is 2.07. The van der Waals surface area contributed by atoms with Crippen LogP contribution < -0.4 is 16.6 Å². The van der Waals surface area contributed by atoms with Crippen molar-refractivity contribution in [2.75, 3.05) is 10.7 Å². The topological polar surface area (TPSA) is 119 Å². The number of nitro groups is 1. The molecule has 0 radical (unpaired) electrons. The van der Waals surface area contributed by atoms with Crippen LogP contribution in [0.5, 0.6) is 0 Å². The predicted molar refractivity (Wildman–Crippen MR) is 72.9 cm³/mol. The molecule has 0 bridgehead atoms. The molecule has 0 saturated heterocycles. The van der Waals surface area contributed by atoms with Gasteiger partial charge in [-0.2, -0.15) is 4.98 Å². The Hall–Kier alpha value is -2.26. The molecule has 0 fully saturated rings. The van der Waals surface area contributed by atoms with Gasteiger partial charge in [-0.3, -0.25) is 15.5 Å². The number of hydrogen-bond donors (Lipinski definition) is 3. The van der Waals surface area contributed by atoms with Crippen LogP contribution in [0.3, 0.4) is 0 Å². The van der Waals surface area contributed by atoms with Crippen molar-refractivity contribution in [1.29, 1.82) is 0 Å². The fourth-order valence-corrected chi connectivity index (χ4v) is 2.29. The highest BCUT2D eigenvalue weighted by Gasteiger charge is 2.16. The van der Waals surface area contributed by atoms with E-state index in [0.29, 0.717) is 6.54 Å². The fraction of sp³-hybridized carbons (Fsp3) is 0.200. The van der Waals surface area contributed by atoms with Gasteiger partial charge in [0.05, 0.1) is 11.5 Å². The summed E-state index contributed by atoms with van der Waals surface area (Å²) in [7, 11) is 0. The van der Waals surface area contributed by atoms with Gasteiger partial charge in [0, 0.05) is 9.75 Å². The number of hydrazine groups is 1. The van der Waals surface area contributed by atoms with Crippen molar-refractivity contribution in [2.45, 2.75) is 13.5 Å². The first kappa shape index (κ1) is 13.2. The first-order valence-corrected chi connectivity index (χ1v) is 6.19. The Morgan fingerprint density at radius 2 is 2.32 bits per heavy atom. The summed E-state index contributed by atoms with van der Waals surface area (Å²) < 4.78 is 0. The molecule has 0 aromatic carbocycles. The van der Waals surface area contributed by atoms with Gasteiger partial charge in [-0.05, 0) is 19.1 Å². The van der Waals surface area contributed by atoms with Crippen LogP contribution in [0.4, 0.5) is 17.5 Å². The van der Waals surface area contributed by atoms with E-state index in [1.54, 1.807) is 11.3 Å². The second-order valence-electron chi connectivity index (χ2n) is 3.69. The maximum atomic E-state index is 10.9. The zero-order chi connectivity index (χ0) is 13.8. The van der Waals surface area contributed by atoms with Crippen molar-refractivity contribution in [1.82, 2.24) is 9.97 Å². The highest BCUT2D eigenvalue weighted by molar-refractivity contribution is 7.11. The van der Waals surface area contributed by atoms with Gasteiger partial charge in [0.2, 0.25) is 11.8 Å². The molecule has 0 spiro atoms. The SMILES string of the molecule is Cc1ccc(CNc2nc(NN)ncc2[N+](=O)[O-])s1. The molecule has 2 aromatic rings. The molecule has 0 aliphatic heterocycles. The van der Waals surface area contributed by atoms with E-state index in [-0.39, 0.29) is 17.5 Å². The van der Waals surface area contributed by atoms with E-state index >= 15 is 0 Å². The third kappa shape index (κ3) is 3.14. The number of aromatic nitrogens is 2. The summed E-state index contributed by atoms with van der Waals surface area (Å²) in [5, 5.41) is 13.8. The number of nitrogen functional groups attached to an aromatic ring is 1. The maximum absolute atomic E-state index is 10.9. The molecule has 0 amide bonds. The molecule has 9 heteroatoms. The molecule has 100 valence electrons. The minimum absolute atomic E-state index is 0.121. The van der Waals surface area contributed by atoms with Gasteiger partial charge >= 0.3 is 5.69 Å². The molecule has 0 unspecified atom stereocenters. The first-order chi connectivity index (χ1) is 9.10. The first-order valence-electron chi connectivity index (χ1n) is 5.37. The van der Waals surface area contributed by atoms with Crippen LogP contribution in [-0.4, -0.2) is 14.9 Å². The fourth-order valence-electron chi connectivity index (χ4n) is 1.46. The minimum atomic E-state index is -0.539. The molecule has 0 saturated carbocycles. The number of thiophene rings is 1. The van der Waals surface area contributed by atoms with Gasteiger partial charge in [-0.1, -0.05) is 0 Å². The molecule has 2 heterocycles. The zero-order valence-electron chi connectivity index (χ0n) is 10.1. The van der Waals surface area contributed by atoms with Crippen LogP contribution in [0.25, 0.3) is 0 Å². The number of aryl methyl sites for hydroxylation is 1. The van der Waals surface area contributed by atoms with Crippen LogP contribution in [0, 0.1) is 17.0 Å². The molecule has 8 nitrogen and oxygen atoms in total. The quantitative estimate of drug-likeness (QED) is 0.433. The molecular formula is C10H12N6O2S. The number of nitrogens with zero attached hydrogens (tertiary/aromatic N) is 3. The number of anilines is 2. The third-order valence-corrected chi connectivity index (χ3v) is 3.32. The lowest BCUT2D eigenvalue weighted by Gasteiger charge is -2.06. The lowest BCUT2D eigenvalue weighted by Crippen LogP contribution is -2.13. The maximum Gasteiger partial charge on any atom is 0.329 e.